The third-order valence-electron chi connectivity index (χ3n) is 7.79. The second-order valence-electron chi connectivity index (χ2n) is 9.97. The van der Waals surface area contributed by atoms with Gasteiger partial charge in [-0.05, 0) is 61.8 Å². The number of rotatable bonds is 4. The van der Waals surface area contributed by atoms with Gasteiger partial charge >= 0.3 is 0 Å². The minimum atomic E-state index is 0.0593. The quantitative estimate of drug-likeness (QED) is 0.669. The molecule has 4 heterocycles. The summed E-state index contributed by atoms with van der Waals surface area (Å²) >= 11 is 0. The van der Waals surface area contributed by atoms with Crippen LogP contribution in [-0.4, -0.2) is 53.1 Å². The predicted molar refractivity (Wildman–Crippen MR) is 132 cm³/mol. The molecule has 1 amide bonds. The highest BCUT2D eigenvalue weighted by Crippen LogP contribution is 2.38. The van der Waals surface area contributed by atoms with Crippen molar-refractivity contribution in [1.82, 2.24) is 19.8 Å². The van der Waals surface area contributed by atoms with Crippen molar-refractivity contribution in [2.24, 2.45) is 5.92 Å². The molecule has 172 valence electrons. The van der Waals surface area contributed by atoms with Crippen LogP contribution in [0, 0.1) is 19.8 Å². The molecule has 1 N–H and O–H groups in total. The number of amides is 1. The van der Waals surface area contributed by atoms with Gasteiger partial charge in [0.1, 0.15) is 5.69 Å². The number of nitrogens with zero attached hydrogens (tertiary/aromatic N) is 4. The minimum Gasteiger partial charge on any atom is -0.350 e. The van der Waals surface area contributed by atoms with Crippen molar-refractivity contribution in [2.45, 2.75) is 46.2 Å². The van der Waals surface area contributed by atoms with E-state index in [9.17, 15) is 4.79 Å². The zero-order valence-corrected chi connectivity index (χ0v) is 19.7. The van der Waals surface area contributed by atoms with E-state index in [-0.39, 0.29) is 5.91 Å². The van der Waals surface area contributed by atoms with Crippen molar-refractivity contribution >= 4 is 22.6 Å². The van der Waals surface area contributed by atoms with Crippen LogP contribution in [0.3, 0.4) is 0 Å². The van der Waals surface area contributed by atoms with Gasteiger partial charge in [0.25, 0.3) is 5.91 Å². The van der Waals surface area contributed by atoms with Gasteiger partial charge in [0.15, 0.2) is 5.82 Å². The molecule has 2 fully saturated rings. The van der Waals surface area contributed by atoms with Gasteiger partial charge in [0, 0.05) is 56.9 Å². The smallest absolute Gasteiger partial charge is 0.272 e. The molecule has 0 bridgehead atoms. The van der Waals surface area contributed by atoms with Crippen molar-refractivity contribution in [2.75, 3.05) is 37.6 Å². The van der Waals surface area contributed by atoms with Gasteiger partial charge in [-0.25, -0.2) is 4.98 Å². The fraction of sp³-hybridized carbons (Fsp3) is 0.481. The monoisotopic (exact) mass is 443 g/mol. The minimum absolute atomic E-state index is 0.0593. The molecule has 6 heteroatoms. The van der Waals surface area contributed by atoms with Crippen LogP contribution in [0.4, 0.5) is 5.82 Å². The number of nitrogens with one attached hydrogen (secondary N) is 1. The number of carbonyl (C=O) groups is 1. The molecular weight excluding hydrogens is 410 g/mol. The SMILES string of the molecule is Cc1c(C)n(CC2CC2)c2c(N3CCc4ccccc4C3)nc(C(=O)N3CCNCC3)cc12. The van der Waals surface area contributed by atoms with E-state index in [1.807, 2.05) is 4.90 Å². The van der Waals surface area contributed by atoms with Crippen LogP contribution in [0.1, 0.15) is 45.7 Å². The average molecular weight is 444 g/mol. The summed E-state index contributed by atoms with van der Waals surface area (Å²) in [4.78, 5) is 22.9. The van der Waals surface area contributed by atoms with Crippen molar-refractivity contribution in [1.29, 1.82) is 0 Å². The summed E-state index contributed by atoms with van der Waals surface area (Å²) in [6.07, 6.45) is 3.64. The lowest BCUT2D eigenvalue weighted by Crippen LogP contribution is -2.46. The van der Waals surface area contributed by atoms with Crippen LogP contribution >= 0.6 is 0 Å². The first kappa shape index (κ1) is 20.7. The van der Waals surface area contributed by atoms with Crippen LogP contribution in [0.25, 0.3) is 10.9 Å². The Morgan fingerprint density at radius 1 is 1.09 bits per heavy atom. The number of aromatic nitrogens is 2. The summed E-state index contributed by atoms with van der Waals surface area (Å²) in [7, 11) is 0. The highest BCUT2D eigenvalue weighted by atomic mass is 16.2. The molecule has 1 saturated heterocycles. The van der Waals surface area contributed by atoms with Crippen LogP contribution in [0.5, 0.6) is 0 Å². The van der Waals surface area contributed by atoms with Crippen LogP contribution in [0.15, 0.2) is 30.3 Å². The Labute approximate surface area is 195 Å². The Morgan fingerprint density at radius 2 is 1.85 bits per heavy atom. The highest BCUT2D eigenvalue weighted by Gasteiger charge is 2.29. The Hall–Kier alpha value is -2.86. The normalized spacial score (nSPS) is 18.6. The second kappa shape index (κ2) is 8.17. The molecule has 0 atom stereocenters. The van der Waals surface area contributed by atoms with Crippen molar-refractivity contribution in [3.63, 3.8) is 0 Å². The lowest BCUT2D eigenvalue weighted by Gasteiger charge is -2.32. The summed E-state index contributed by atoms with van der Waals surface area (Å²) in [5.74, 6) is 1.82. The predicted octanol–water partition coefficient (Wildman–Crippen LogP) is 3.67. The molecule has 3 aromatic rings. The summed E-state index contributed by atoms with van der Waals surface area (Å²) in [6.45, 7) is 10.4. The number of benzene rings is 1. The topological polar surface area (TPSA) is 53.4 Å². The number of hydrogen-bond acceptors (Lipinski definition) is 4. The third kappa shape index (κ3) is 3.70. The summed E-state index contributed by atoms with van der Waals surface area (Å²) in [5.41, 5.74) is 7.19. The van der Waals surface area contributed by atoms with E-state index < -0.39 is 0 Å². The Morgan fingerprint density at radius 3 is 2.61 bits per heavy atom. The Balaban J connectivity index is 1.49. The maximum atomic E-state index is 13.5. The molecule has 1 aromatic carbocycles. The number of pyridine rings is 1. The van der Waals surface area contributed by atoms with Gasteiger partial charge in [-0.3, -0.25) is 4.79 Å². The molecule has 2 aliphatic heterocycles. The molecule has 2 aromatic heterocycles. The van der Waals surface area contributed by atoms with Crippen molar-refractivity contribution in [3.05, 3.63) is 58.4 Å². The number of fused-ring (bicyclic) bond motifs is 2. The maximum absolute atomic E-state index is 13.5. The van der Waals surface area contributed by atoms with E-state index in [4.69, 9.17) is 4.98 Å². The van der Waals surface area contributed by atoms with Gasteiger partial charge in [-0.2, -0.15) is 0 Å². The molecule has 33 heavy (non-hydrogen) atoms. The molecule has 6 rings (SSSR count). The summed E-state index contributed by atoms with van der Waals surface area (Å²) in [5, 5.41) is 4.53. The van der Waals surface area contributed by atoms with Crippen molar-refractivity contribution < 1.29 is 4.79 Å². The number of aryl methyl sites for hydroxylation is 1. The number of anilines is 1. The van der Waals surface area contributed by atoms with Crippen LogP contribution in [0.2, 0.25) is 0 Å². The highest BCUT2D eigenvalue weighted by molar-refractivity contribution is 6.01. The fourth-order valence-corrected chi connectivity index (χ4v) is 5.47. The Bertz CT molecular complexity index is 1220. The Kier molecular flexibility index (Phi) is 5.13. The van der Waals surface area contributed by atoms with E-state index in [1.54, 1.807) is 0 Å². The number of piperazine rings is 1. The standard InChI is InChI=1S/C27H33N5O/c1-18-19(2)32(16-20-7-8-20)25-23(18)15-24(27(33)30-13-10-28-11-14-30)29-26(25)31-12-9-21-5-3-4-6-22(21)17-31/h3-6,15,20,28H,7-14,16-17H2,1-2H3. The van der Waals surface area contributed by atoms with Gasteiger partial charge in [0.05, 0.1) is 5.52 Å². The van der Waals surface area contributed by atoms with E-state index in [0.717, 1.165) is 64.0 Å². The summed E-state index contributed by atoms with van der Waals surface area (Å²) < 4.78 is 2.49. The molecule has 3 aliphatic rings. The molecule has 1 saturated carbocycles. The van der Waals surface area contributed by atoms with Gasteiger partial charge in [0.2, 0.25) is 0 Å². The third-order valence-corrected chi connectivity index (χ3v) is 7.79. The maximum Gasteiger partial charge on any atom is 0.272 e. The molecule has 1 aliphatic carbocycles. The van der Waals surface area contributed by atoms with E-state index in [1.165, 1.54) is 46.1 Å². The zero-order valence-electron chi connectivity index (χ0n) is 19.7. The van der Waals surface area contributed by atoms with Gasteiger partial charge in [-0.15, -0.1) is 0 Å². The van der Waals surface area contributed by atoms with E-state index in [2.05, 4.69) is 59.0 Å². The molecule has 0 radical (unpaired) electrons. The molecule has 0 unspecified atom stereocenters. The van der Waals surface area contributed by atoms with E-state index >= 15 is 0 Å². The summed E-state index contributed by atoms with van der Waals surface area (Å²) in [6, 6.07) is 10.8. The largest absolute Gasteiger partial charge is 0.350 e. The second-order valence-corrected chi connectivity index (χ2v) is 9.97. The van der Waals surface area contributed by atoms with Crippen LogP contribution in [-0.2, 0) is 19.5 Å². The van der Waals surface area contributed by atoms with Crippen LogP contribution < -0.4 is 10.2 Å². The lowest BCUT2D eigenvalue weighted by molar-refractivity contribution is 0.0730. The molecule has 6 nitrogen and oxygen atoms in total. The van der Waals surface area contributed by atoms with Gasteiger partial charge < -0.3 is 19.7 Å². The number of hydrogen-bond donors (Lipinski definition) is 1. The van der Waals surface area contributed by atoms with Gasteiger partial charge in [-0.1, -0.05) is 24.3 Å². The fourth-order valence-electron chi connectivity index (χ4n) is 5.47. The lowest BCUT2D eigenvalue weighted by atomic mass is 10.00. The first-order valence-electron chi connectivity index (χ1n) is 12.4. The average Bonchev–Trinajstić information content (AvgIpc) is 3.66. The zero-order chi connectivity index (χ0) is 22.5. The first-order chi connectivity index (χ1) is 16.1. The molecular formula is C27H33N5O. The molecule has 0 spiro atoms. The first-order valence-corrected chi connectivity index (χ1v) is 12.4. The number of carbonyl (C=O) groups excluding carboxylic acids is 1. The van der Waals surface area contributed by atoms with Crippen molar-refractivity contribution in [3.8, 4) is 0 Å². The van der Waals surface area contributed by atoms with E-state index in [0.29, 0.717) is 5.69 Å².